The number of halogens is 2. The van der Waals surface area contributed by atoms with Crippen LogP contribution in [0.4, 0.5) is 14.6 Å². The normalized spacial score (nSPS) is 11.1. The Kier molecular flexibility index (Phi) is 2.83. The molecule has 0 radical (unpaired) electrons. The van der Waals surface area contributed by atoms with Gasteiger partial charge in [-0.15, -0.1) is 0 Å². The molecule has 0 unspecified atom stereocenters. The number of nitrogen functional groups attached to an aromatic ring is 1. The molecule has 2 N–H and O–H groups in total. The highest BCUT2D eigenvalue weighted by Crippen LogP contribution is 2.28. The summed E-state index contributed by atoms with van der Waals surface area (Å²) >= 11 is 0. The van der Waals surface area contributed by atoms with Crippen LogP contribution in [0.5, 0.6) is 0 Å². The highest BCUT2D eigenvalue weighted by atomic mass is 19.3. The molecule has 0 fully saturated rings. The molecule has 3 nitrogen and oxygen atoms in total. The molecule has 0 aliphatic rings. The fourth-order valence-corrected chi connectivity index (χ4v) is 1.66. The van der Waals surface area contributed by atoms with Crippen molar-refractivity contribution in [2.45, 2.75) is 13.3 Å². The standard InChI is InChI=1S/C12H13F2N3/c1-7-3-4-8(5-9(7)12(13)14)10-6-11(15)17(2)16-10/h3-6,12H,15H2,1-2H3. The second kappa shape index (κ2) is 4.16. The molecule has 2 rings (SSSR count). The van der Waals surface area contributed by atoms with Gasteiger partial charge in [0.1, 0.15) is 5.82 Å². The molecule has 1 aromatic carbocycles. The van der Waals surface area contributed by atoms with E-state index in [9.17, 15) is 8.78 Å². The van der Waals surface area contributed by atoms with Crippen molar-refractivity contribution in [1.82, 2.24) is 9.78 Å². The zero-order valence-electron chi connectivity index (χ0n) is 9.61. The number of alkyl halides is 2. The summed E-state index contributed by atoms with van der Waals surface area (Å²) in [7, 11) is 1.71. The third-order valence-electron chi connectivity index (χ3n) is 2.73. The van der Waals surface area contributed by atoms with Crippen LogP contribution in [0.15, 0.2) is 24.3 Å². The Hall–Kier alpha value is -1.91. The average Bonchev–Trinajstić information content (AvgIpc) is 2.59. The third-order valence-corrected chi connectivity index (χ3v) is 2.73. The Morgan fingerprint density at radius 3 is 2.53 bits per heavy atom. The van der Waals surface area contributed by atoms with E-state index < -0.39 is 6.43 Å². The quantitative estimate of drug-likeness (QED) is 0.872. The lowest BCUT2D eigenvalue weighted by molar-refractivity contribution is 0.150. The van der Waals surface area contributed by atoms with Gasteiger partial charge in [-0.3, -0.25) is 4.68 Å². The fourth-order valence-electron chi connectivity index (χ4n) is 1.66. The van der Waals surface area contributed by atoms with Gasteiger partial charge in [0.05, 0.1) is 5.69 Å². The summed E-state index contributed by atoms with van der Waals surface area (Å²) in [4.78, 5) is 0. The minimum absolute atomic E-state index is 0.0340. The average molecular weight is 237 g/mol. The molecule has 2 aromatic rings. The Morgan fingerprint density at radius 2 is 2.00 bits per heavy atom. The smallest absolute Gasteiger partial charge is 0.264 e. The molecular weight excluding hydrogens is 224 g/mol. The number of hydrogen-bond donors (Lipinski definition) is 1. The number of nitrogens with two attached hydrogens (primary N) is 1. The molecule has 0 amide bonds. The lowest BCUT2D eigenvalue weighted by Gasteiger charge is -2.06. The van der Waals surface area contributed by atoms with Crippen LogP contribution in [0.25, 0.3) is 11.3 Å². The van der Waals surface area contributed by atoms with E-state index >= 15 is 0 Å². The summed E-state index contributed by atoms with van der Waals surface area (Å²) in [5.74, 6) is 0.499. The number of anilines is 1. The molecule has 0 aliphatic carbocycles. The molecule has 0 bridgehead atoms. The molecule has 1 heterocycles. The zero-order valence-corrected chi connectivity index (χ0v) is 9.61. The number of nitrogens with zero attached hydrogens (tertiary/aromatic N) is 2. The first-order valence-corrected chi connectivity index (χ1v) is 5.17. The summed E-state index contributed by atoms with van der Waals surface area (Å²) in [6.07, 6.45) is -2.48. The minimum Gasteiger partial charge on any atom is -0.384 e. The van der Waals surface area contributed by atoms with E-state index in [-0.39, 0.29) is 5.56 Å². The largest absolute Gasteiger partial charge is 0.384 e. The third kappa shape index (κ3) is 2.13. The maximum Gasteiger partial charge on any atom is 0.264 e. The molecule has 17 heavy (non-hydrogen) atoms. The van der Waals surface area contributed by atoms with Gasteiger partial charge < -0.3 is 5.73 Å². The van der Waals surface area contributed by atoms with Gasteiger partial charge in [-0.1, -0.05) is 12.1 Å². The van der Waals surface area contributed by atoms with Crippen molar-refractivity contribution >= 4 is 5.82 Å². The van der Waals surface area contributed by atoms with Gasteiger partial charge in [0.25, 0.3) is 6.43 Å². The van der Waals surface area contributed by atoms with Crippen molar-refractivity contribution in [1.29, 1.82) is 0 Å². The first-order chi connectivity index (χ1) is 7.99. The fraction of sp³-hybridized carbons (Fsp3) is 0.250. The van der Waals surface area contributed by atoms with Crippen LogP contribution in [0.3, 0.4) is 0 Å². The molecule has 5 heteroatoms. The number of hydrogen-bond acceptors (Lipinski definition) is 2. The van der Waals surface area contributed by atoms with Crippen LogP contribution in [0, 0.1) is 6.92 Å². The highest BCUT2D eigenvalue weighted by Gasteiger charge is 2.13. The molecular formula is C12H13F2N3. The van der Waals surface area contributed by atoms with E-state index in [0.29, 0.717) is 22.6 Å². The van der Waals surface area contributed by atoms with Gasteiger partial charge in [0, 0.05) is 24.2 Å². The SMILES string of the molecule is Cc1ccc(-c2cc(N)n(C)n2)cc1C(F)F. The summed E-state index contributed by atoms with van der Waals surface area (Å²) in [6.45, 7) is 1.66. The lowest BCUT2D eigenvalue weighted by atomic mass is 10.0. The van der Waals surface area contributed by atoms with Crippen LogP contribution >= 0.6 is 0 Å². The van der Waals surface area contributed by atoms with E-state index in [4.69, 9.17) is 5.73 Å². The van der Waals surface area contributed by atoms with Crippen molar-refractivity contribution < 1.29 is 8.78 Å². The molecule has 0 atom stereocenters. The molecule has 0 aliphatic heterocycles. The topological polar surface area (TPSA) is 43.8 Å². The first kappa shape index (κ1) is 11.6. The van der Waals surface area contributed by atoms with Gasteiger partial charge in [0.15, 0.2) is 0 Å². The van der Waals surface area contributed by atoms with Crippen LogP contribution < -0.4 is 5.73 Å². The van der Waals surface area contributed by atoms with Crippen LogP contribution in [0.1, 0.15) is 17.6 Å². The molecule has 90 valence electrons. The van der Waals surface area contributed by atoms with Crippen LogP contribution in [-0.4, -0.2) is 9.78 Å². The summed E-state index contributed by atoms with van der Waals surface area (Å²) < 4.78 is 27.0. The monoisotopic (exact) mass is 237 g/mol. The summed E-state index contributed by atoms with van der Waals surface area (Å²) in [5.41, 5.74) is 7.52. The first-order valence-electron chi connectivity index (χ1n) is 5.17. The highest BCUT2D eigenvalue weighted by molar-refractivity contribution is 5.63. The van der Waals surface area contributed by atoms with E-state index in [1.807, 2.05) is 0 Å². The van der Waals surface area contributed by atoms with Gasteiger partial charge in [-0.25, -0.2) is 8.78 Å². The van der Waals surface area contributed by atoms with Gasteiger partial charge in [0.2, 0.25) is 0 Å². The van der Waals surface area contributed by atoms with Crippen LogP contribution in [0.2, 0.25) is 0 Å². The van der Waals surface area contributed by atoms with Crippen molar-refractivity contribution in [2.75, 3.05) is 5.73 Å². The Balaban J connectivity index is 2.49. The number of aromatic nitrogens is 2. The Bertz CT molecular complexity index is 527. The second-order valence-electron chi connectivity index (χ2n) is 3.95. The van der Waals surface area contributed by atoms with Gasteiger partial charge in [-0.2, -0.15) is 5.10 Å². The maximum absolute atomic E-state index is 12.8. The van der Waals surface area contributed by atoms with E-state index in [0.717, 1.165) is 0 Å². The summed E-state index contributed by atoms with van der Waals surface area (Å²) in [6, 6.07) is 6.56. The zero-order chi connectivity index (χ0) is 12.6. The van der Waals surface area contributed by atoms with Gasteiger partial charge >= 0.3 is 0 Å². The molecule has 1 aromatic heterocycles. The Labute approximate surface area is 97.9 Å². The lowest BCUT2D eigenvalue weighted by Crippen LogP contribution is -1.96. The number of rotatable bonds is 2. The molecule has 0 saturated heterocycles. The van der Waals surface area contributed by atoms with E-state index in [2.05, 4.69) is 5.10 Å². The second-order valence-corrected chi connectivity index (χ2v) is 3.95. The van der Waals surface area contributed by atoms with Gasteiger partial charge in [-0.05, 0) is 18.6 Å². The van der Waals surface area contributed by atoms with Crippen molar-refractivity contribution in [3.05, 3.63) is 35.4 Å². The van der Waals surface area contributed by atoms with Crippen molar-refractivity contribution in [2.24, 2.45) is 7.05 Å². The predicted molar refractivity (Wildman–Crippen MR) is 62.8 cm³/mol. The van der Waals surface area contributed by atoms with E-state index in [1.165, 1.54) is 10.7 Å². The number of benzene rings is 1. The maximum atomic E-state index is 12.8. The summed E-state index contributed by atoms with van der Waals surface area (Å²) in [5, 5.41) is 4.16. The Morgan fingerprint density at radius 1 is 1.29 bits per heavy atom. The minimum atomic E-state index is -2.48. The molecule has 0 spiro atoms. The molecule has 0 saturated carbocycles. The van der Waals surface area contributed by atoms with Crippen molar-refractivity contribution in [3.8, 4) is 11.3 Å². The predicted octanol–water partition coefficient (Wildman–Crippen LogP) is 2.92. The van der Waals surface area contributed by atoms with Crippen molar-refractivity contribution in [3.63, 3.8) is 0 Å². The van der Waals surface area contributed by atoms with E-state index in [1.54, 1.807) is 32.2 Å². The van der Waals surface area contributed by atoms with Crippen LogP contribution in [-0.2, 0) is 7.05 Å². The number of aryl methyl sites for hydroxylation is 2.